The summed E-state index contributed by atoms with van der Waals surface area (Å²) in [5.74, 6) is 1.05. The number of unbranched alkanes of at least 4 members (excludes halogenated alkanes) is 3. The van der Waals surface area contributed by atoms with E-state index in [1.165, 1.54) is 0 Å². The Hall–Kier alpha value is -4.08. The van der Waals surface area contributed by atoms with E-state index in [9.17, 15) is 19.2 Å². The average Bonchev–Trinajstić information content (AvgIpc) is 3.04. The molecule has 10 nitrogen and oxygen atoms in total. The number of carbonyl (C=O) groups excluding carboxylic acids is 4. The van der Waals surface area contributed by atoms with E-state index in [2.05, 4.69) is 118 Å². The van der Waals surface area contributed by atoms with Crippen molar-refractivity contribution in [3.8, 4) is 11.5 Å². The summed E-state index contributed by atoms with van der Waals surface area (Å²) in [6.07, 6.45) is 3.98. The standard InChI is InChI=1S/C50H80N2O8/c1-45(2,3)35-29-33(30-36(46(4,5)6)41(35)57-43(55)59-49(13,14)15)23-25-39(53)51-27-21-19-20-22-28-52-40(54)26-24-34-31-37(47(7,8)9)42(38(32-34)48(10,11)12)58-44(56)60-50(16,17)18/h29-32H,19-28H2,1-18H3,(H,51,53)(H,52,54). The fourth-order valence-corrected chi connectivity index (χ4v) is 6.57. The van der Waals surface area contributed by atoms with Gasteiger partial charge in [0, 0.05) is 48.2 Å². The van der Waals surface area contributed by atoms with Crippen molar-refractivity contribution in [2.45, 2.75) is 209 Å². The smallest absolute Gasteiger partial charge is 0.428 e. The van der Waals surface area contributed by atoms with E-state index in [-0.39, 0.29) is 33.5 Å². The first-order chi connectivity index (χ1) is 27.2. The van der Waals surface area contributed by atoms with Crippen LogP contribution in [0.2, 0.25) is 0 Å². The van der Waals surface area contributed by atoms with E-state index >= 15 is 0 Å². The lowest BCUT2D eigenvalue weighted by molar-refractivity contribution is -0.121. The molecule has 0 unspecified atom stereocenters. The Labute approximate surface area is 363 Å². The summed E-state index contributed by atoms with van der Waals surface area (Å²) in [5, 5.41) is 6.13. The lowest BCUT2D eigenvalue weighted by Crippen LogP contribution is -2.28. The first-order valence-corrected chi connectivity index (χ1v) is 21.9. The molecule has 0 fully saturated rings. The third kappa shape index (κ3) is 18.3. The number of aryl methyl sites for hydroxylation is 2. The molecule has 0 heterocycles. The molecule has 0 aromatic heterocycles. The van der Waals surface area contributed by atoms with Crippen LogP contribution in [0.1, 0.15) is 197 Å². The van der Waals surface area contributed by atoms with Gasteiger partial charge in [-0.15, -0.1) is 0 Å². The molecule has 0 bridgehead atoms. The highest BCUT2D eigenvalue weighted by atomic mass is 16.7. The predicted molar refractivity (Wildman–Crippen MR) is 243 cm³/mol. The number of ether oxygens (including phenoxy) is 4. The molecule has 10 heteroatoms. The summed E-state index contributed by atoms with van der Waals surface area (Å²) in [6.45, 7) is 37.1. The van der Waals surface area contributed by atoms with Crippen LogP contribution in [0, 0.1) is 0 Å². The average molecular weight is 837 g/mol. The van der Waals surface area contributed by atoms with Gasteiger partial charge in [0.1, 0.15) is 22.7 Å². The molecule has 2 aromatic rings. The van der Waals surface area contributed by atoms with Crippen LogP contribution in [0.15, 0.2) is 24.3 Å². The van der Waals surface area contributed by atoms with E-state index < -0.39 is 23.5 Å². The minimum absolute atomic E-state index is 0.000380. The number of nitrogens with one attached hydrogen (secondary N) is 2. The quantitative estimate of drug-likeness (QED) is 0.103. The maximum Gasteiger partial charge on any atom is 0.514 e. The molecule has 0 atom stereocenters. The van der Waals surface area contributed by atoms with Crippen LogP contribution in [0.5, 0.6) is 11.5 Å². The molecule has 2 amide bonds. The van der Waals surface area contributed by atoms with Gasteiger partial charge in [0.2, 0.25) is 11.8 Å². The van der Waals surface area contributed by atoms with Crippen LogP contribution in [0.25, 0.3) is 0 Å². The summed E-state index contributed by atoms with van der Waals surface area (Å²) in [5.41, 5.74) is 3.00. The Kier molecular flexibility index (Phi) is 17.9. The van der Waals surface area contributed by atoms with E-state index in [0.29, 0.717) is 50.3 Å². The van der Waals surface area contributed by atoms with Crippen LogP contribution >= 0.6 is 0 Å². The van der Waals surface area contributed by atoms with E-state index in [0.717, 1.165) is 59.1 Å². The predicted octanol–water partition coefficient (Wildman–Crippen LogP) is 11.9. The van der Waals surface area contributed by atoms with Crippen molar-refractivity contribution in [2.24, 2.45) is 0 Å². The van der Waals surface area contributed by atoms with Crippen LogP contribution in [0.4, 0.5) is 9.59 Å². The summed E-state index contributed by atoms with van der Waals surface area (Å²) >= 11 is 0. The lowest BCUT2D eigenvalue weighted by Gasteiger charge is -2.30. The summed E-state index contributed by atoms with van der Waals surface area (Å²) in [4.78, 5) is 51.3. The molecule has 60 heavy (non-hydrogen) atoms. The van der Waals surface area contributed by atoms with Gasteiger partial charge < -0.3 is 29.6 Å². The fraction of sp³-hybridized carbons (Fsp3) is 0.680. The molecule has 2 rings (SSSR count). The second-order valence-electron chi connectivity index (χ2n) is 22.3. The van der Waals surface area contributed by atoms with Gasteiger partial charge >= 0.3 is 12.3 Å². The second-order valence-corrected chi connectivity index (χ2v) is 22.3. The third-order valence-electron chi connectivity index (χ3n) is 9.71. The topological polar surface area (TPSA) is 129 Å². The van der Waals surface area contributed by atoms with Crippen LogP contribution in [-0.4, -0.2) is 48.4 Å². The molecule has 0 aliphatic rings. The van der Waals surface area contributed by atoms with Crippen molar-refractivity contribution < 1.29 is 38.1 Å². The van der Waals surface area contributed by atoms with Gasteiger partial charge in [-0.05, 0) is 100 Å². The number of hydrogen-bond donors (Lipinski definition) is 2. The monoisotopic (exact) mass is 837 g/mol. The normalized spacial score (nSPS) is 12.8. The maximum absolute atomic E-state index is 12.9. The number of rotatable bonds is 15. The summed E-state index contributed by atoms with van der Waals surface area (Å²) < 4.78 is 22.8. The van der Waals surface area contributed by atoms with E-state index in [4.69, 9.17) is 18.9 Å². The molecular formula is C50H80N2O8. The van der Waals surface area contributed by atoms with Crippen molar-refractivity contribution in [1.82, 2.24) is 10.6 Å². The number of amides is 2. The van der Waals surface area contributed by atoms with Gasteiger partial charge in [0.25, 0.3) is 0 Å². The molecule has 2 aromatic carbocycles. The number of benzene rings is 2. The number of hydrogen-bond acceptors (Lipinski definition) is 8. The van der Waals surface area contributed by atoms with Crippen LogP contribution in [-0.2, 0) is 53.6 Å². The van der Waals surface area contributed by atoms with Crippen molar-refractivity contribution in [3.05, 3.63) is 57.6 Å². The maximum atomic E-state index is 12.9. The Balaban J connectivity index is 1.89. The molecule has 2 N–H and O–H groups in total. The highest BCUT2D eigenvalue weighted by Gasteiger charge is 2.32. The molecule has 0 radical (unpaired) electrons. The molecule has 0 saturated carbocycles. The van der Waals surface area contributed by atoms with Crippen molar-refractivity contribution in [3.63, 3.8) is 0 Å². The van der Waals surface area contributed by atoms with Gasteiger partial charge in [0.15, 0.2) is 0 Å². The highest BCUT2D eigenvalue weighted by Crippen LogP contribution is 2.43. The van der Waals surface area contributed by atoms with Gasteiger partial charge in [-0.25, -0.2) is 9.59 Å². The molecule has 0 spiro atoms. The fourth-order valence-electron chi connectivity index (χ4n) is 6.57. The molecule has 338 valence electrons. The van der Waals surface area contributed by atoms with Gasteiger partial charge in [-0.1, -0.05) is 120 Å². The van der Waals surface area contributed by atoms with E-state index in [1.807, 2.05) is 41.5 Å². The van der Waals surface area contributed by atoms with Gasteiger partial charge in [0.05, 0.1) is 0 Å². The molecule has 0 aliphatic carbocycles. The molecule has 0 aliphatic heterocycles. The Morgan fingerprint density at radius 1 is 0.433 bits per heavy atom. The minimum Gasteiger partial charge on any atom is -0.428 e. The van der Waals surface area contributed by atoms with Crippen molar-refractivity contribution in [2.75, 3.05) is 13.1 Å². The zero-order valence-corrected chi connectivity index (χ0v) is 40.6. The van der Waals surface area contributed by atoms with E-state index in [1.54, 1.807) is 0 Å². The lowest BCUT2D eigenvalue weighted by atomic mass is 9.78. The molecule has 0 saturated heterocycles. The first kappa shape index (κ1) is 52.1. The Morgan fingerprint density at radius 2 is 0.700 bits per heavy atom. The van der Waals surface area contributed by atoms with Gasteiger partial charge in [-0.3, -0.25) is 9.59 Å². The zero-order valence-electron chi connectivity index (χ0n) is 40.6. The van der Waals surface area contributed by atoms with Crippen molar-refractivity contribution >= 4 is 24.1 Å². The molecular weight excluding hydrogens is 757 g/mol. The van der Waals surface area contributed by atoms with Crippen LogP contribution < -0.4 is 20.1 Å². The third-order valence-corrected chi connectivity index (χ3v) is 9.71. The largest absolute Gasteiger partial charge is 0.514 e. The highest BCUT2D eigenvalue weighted by molar-refractivity contribution is 5.77. The minimum atomic E-state index is -0.732. The SMILES string of the molecule is CC(C)(C)OC(=O)Oc1c(C(C)(C)C)cc(CCC(=O)NCCCCCCNC(=O)CCc2cc(C(C)(C)C)c(OC(=O)OC(C)(C)C)c(C(C)(C)C)c2)cc1C(C)(C)C. The van der Waals surface area contributed by atoms with Crippen molar-refractivity contribution in [1.29, 1.82) is 0 Å². The van der Waals surface area contributed by atoms with Gasteiger partial charge in [-0.2, -0.15) is 0 Å². The zero-order chi connectivity index (χ0) is 46.1. The summed E-state index contributed by atoms with van der Waals surface area (Å²) in [7, 11) is 0. The summed E-state index contributed by atoms with van der Waals surface area (Å²) in [6, 6.07) is 8.20. The van der Waals surface area contributed by atoms with Crippen LogP contribution in [0.3, 0.4) is 0 Å². The Bertz CT molecular complexity index is 1580. The second kappa shape index (κ2) is 20.7. The number of carbonyl (C=O) groups is 4. The Morgan fingerprint density at radius 3 is 0.933 bits per heavy atom. The first-order valence-electron chi connectivity index (χ1n) is 21.9.